The summed E-state index contributed by atoms with van der Waals surface area (Å²) >= 11 is 0. The van der Waals surface area contributed by atoms with Crippen LogP contribution in [0.5, 0.6) is 5.75 Å². The zero-order valence-electron chi connectivity index (χ0n) is 15.8. The van der Waals surface area contributed by atoms with E-state index in [0.29, 0.717) is 6.04 Å². The van der Waals surface area contributed by atoms with Gasteiger partial charge in [-0.3, -0.25) is 4.79 Å². The quantitative estimate of drug-likeness (QED) is 0.554. The van der Waals surface area contributed by atoms with Crippen molar-refractivity contribution in [2.75, 3.05) is 12.4 Å². The molecular weight excluding hydrogens is 338 g/mol. The van der Waals surface area contributed by atoms with Gasteiger partial charge in [-0.15, -0.1) is 0 Å². The summed E-state index contributed by atoms with van der Waals surface area (Å²) in [6, 6.07) is 16.3. The molecule has 0 bridgehead atoms. The van der Waals surface area contributed by atoms with E-state index in [-0.39, 0.29) is 12.5 Å². The Morgan fingerprint density at radius 2 is 1.93 bits per heavy atom. The molecule has 0 aliphatic rings. The largest absolute Gasteiger partial charge is 0.497 e. The first-order valence-electron chi connectivity index (χ1n) is 9.09. The number of nitrogens with zero attached hydrogens (tertiary/aromatic N) is 2. The molecule has 0 unspecified atom stereocenters. The van der Waals surface area contributed by atoms with Gasteiger partial charge in [0.15, 0.2) is 0 Å². The summed E-state index contributed by atoms with van der Waals surface area (Å²) in [5.74, 6) is 0.763. The third kappa shape index (κ3) is 3.16. The zero-order valence-corrected chi connectivity index (χ0v) is 15.8. The summed E-state index contributed by atoms with van der Waals surface area (Å²) < 4.78 is 9.41. The first kappa shape index (κ1) is 17.2. The van der Waals surface area contributed by atoms with Gasteiger partial charge in [0.1, 0.15) is 12.3 Å². The number of nitrogens with one attached hydrogen (secondary N) is 1. The number of fused-ring (bicyclic) bond motifs is 2. The smallest absolute Gasteiger partial charge is 0.244 e. The molecule has 2 heterocycles. The number of methoxy groups -OCH3 is 1. The van der Waals surface area contributed by atoms with Crippen LogP contribution in [0, 0.1) is 0 Å². The van der Waals surface area contributed by atoms with Crippen molar-refractivity contribution in [1.82, 2.24) is 9.13 Å². The minimum atomic E-state index is -0.0480. The fourth-order valence-electron chi connectivity index (χ4n) is 3.54. The van der Waals surface area contributed by atoms with Gasteiger partial charge in [0, 0.05) is 34.7 Å². The second-order valence-corrected chi connectivity index (χ2v) is 6.97. The van der Waals surface area contributed by atoms with E-state index in [9.17, 15) is 4.79 Å². The number of anilines is 1. The Hall–Kier alpha value is -3.21. The van der Waals surface area contributed by atoms with Crippen molar-refractivity contribution in [1.29, 1.82) is 0 Å². The summed E-state index contributed by atoms with van der Waals surface area (Å²) in [6.45, 7) is 4.56. The van der Waals surface area contributed by atoms with Gasteiger partial charge in [0.25, 0.3) is 0 Å². The molecule has 5 heteroatoms. The van der Waals surface area contributed by atoms with E-state index in [1.807, 2.05) is 47.2 Å². The number of carbonyl (C=O) groups is 1. The summed E-state index contributed by atoms with van der Waals surface area (Å²) in [7, 11) is 1.65. The van der Waals surface area contributed by atoms with Gasteiger partial charge in [-0.2, -0.15) is 0 Å². The maximum atomic E-state index is 12.7. The number of rotatable bonds is 5. The van der Waals surface area contributed by atoms with Crippen LogP contribution in [-0.4, -0.2) is 22.2 Å². The molecule has 2 aromatic heterocycles. The Kier molecular flexibility index (Phi) is 4.36. The van der Waals surface area contributed by atoms with Gasteiger partial charge in [-0.05, 0) is 56.3 Å². The zero-order chi connectivity index (χ0) is 19.0. The maximum Gasteiger partial charge on any atom is 0.244 e. The monoisotopic (exact) mass is 361 g/mol. The van der Waals surface area contributed by atoms with E-state index in [0.717, 1.165) is 33.2 Å². The van der Waals surface area contributed by atoms with Crippen LogP contribution in [0.25, 0.3) is 21.8 Å². The lowest BCUT2D eigenvalue weighted by atomic mass is 10.2. The highest BCUT2D eigenvalue weighted by Gasteiger charge is 2.11. The summed E-state index contributed by atoms with van der Waals surface area (Å²) in [5.41, 5.74) is 2.98. The van der Waals surface area contributed by atoms with Crippen LogP contribution in [0.15, 0.2) is 60.9 Å². The molecule has 27 heavy (non-hydrogen) atoms. The van der Waals surface area contributed by atoms with Gasteiger partial charge >= 0.3 is 0 Å². The molecule has 0 atom stereocenters. The Balaban J connectivity index is 1.57. The standard InChI is InChI=1S/C22H23N3O2/c1-15(2)25-12-10-18-19(5-4-6-21(18)25)23-22(26)14-24-11-9-16-13-17(27-3)7-8-20(16)24/h4-13,15H,14H2,1-3H3,(H,23,26). The number of aromatic nitrogens is 2. The fourth-order valence-corrected chi connectivity index (χ4v) is 3.54. The van der Waals surface area contributed by atoms with E-state index in [2.05, 4.69) is 42.1 Å². The van der Waals surface area contributed by atoms with E-state index in [1.54, 1.807) is 7.11 Å². The third-order valence-electron chi connectivity index (χ3n) is 4.89. The number of hydrogen-bond donors (Lipinski definition) is 1. The van der Waals surface area contributed by atoms with Crippen LogP contribution in [0.3, 0.4) is 0 Å². The van der Waals surface area contributed by atoms with Crippen LogP contribution in [-0.2, 0) is 11.3 Å². The van der Waals surface area contributed by atoms with Gasteiger partial charge < -0.3 is 19.2 Å². The van der Waals surface area contributed by atoms with Crippen molar-refractivity contribution in [3.8, 4) is 5.75 Å². The van der Waals surface area contributed by atoms with Gasteiger partial charge in [0.05, 0.1) is 18.3 Å². The molecular formula is C22H23N3O2. The van der Waals surface area contributed by atoms with Gasteiger partial charge in [-0.25, -0.2) is 0 Å². The average Bonchev–Trinajstić information content (AvgIpc) is 3.26. The predicted octanol–water partition coefficient (Wildman–Crippen LogP) is 4.82. The van der Waals surface area contributed by atoms with Crippen LogP contribution >= 0.6 is 0 Å². The lowest BCUT2D eigenvalue weighted by molar-refractivity contribution is -0.116. The molecule has 1 N–H and O–H groups in total. The Labute approximate surface area is 158 Å². The van der Waals surface area contributed by atoms with Crippen molar-refractivity contribution in [2.45, 2.75) is 26.4 Å². The highest BCUT2D eigenvalue weighted by molar-refractivity contribution is 6.01. The van der Waals surface area contributed by atoms with Gasteiger partial charge in [-0.1, -0.05) is 6.07 Å². The second-order valence-electron chi connectivity index (χ2n) is 6.97. The number of hydrogen-bond acceptors (Lipinski definition) is 2. The number of benzene rings is 2. The molecule has 0 saturated carbocycles. The lowest BCUT2D eigenvalue weighted by Gasteiger charge is -2.11. The average molecular weight is 361 g/mol. The SMILES string of the molecule is COc1ccc2c(ccn2CC(=O)Nc2cccc3c2ccn3C(C)C)c1. The molecule has 138 valence electrons. The second kappa shape index (κ2) is 6.83. The minimum absolute atomic E-state index is 0.0480. The maximum absolute atomic E-state index is 12.7. The molecule has 5 nitrogen and oxygen atoms in total. The molecule has 0 aliphatic heterocycles. The highest BCUT2D eigenvalue weighted by Crippen LogP contribution is 2.27. The molecule has 0 aliphatic carbocycles. The summed E-state index contributed by atoms with van der Waals surface area (Å²) in [5, 5.41) is 5.18. The highest BCUT2D eigenvalue weighted by atomic mass is 16.5. The topological polar surface area (TPSA) is 48.2 Å². The normalized spacial score (nSPS) is 11.4. The van der Waals surface area contributed by atoms with Crippen molar-refractivity contribution in [3.63, 3.8) is 0 Å². The Morgan fingerprint density at radius 1 is 1.07 bits per heavy atom. The molecule has 0 fully saturated rings. The van der Waals surface area contributed by atoms with Crippen LogP contribution in [0.4, 0.5) is 5.69 Å². The fraction of sp³-hybridized carbons (Fsp3) is 0.227. The van der Waals surface area contributed by atoms with Crippen LogP contribution in [0.2, 0.25) is 0 Å². The van der Waals surface area contributed by atoms with Crippen molar-refractivity contribution >= 4 is 33.4 Å². The third-order valence-corrected chi connectivity index (χ3v) is 4.89. The van der Waals surface area contributed by atoms with Crippen molar-refractivity contribution in [2.24, 2.45) is 0 Å². The number of ether oxygens (including phenoxy) is 1. The van der Waals surface area contributed by atoms with E-state index < -0.39 is 0 Å². The molecule has 4 aromatic rings. The summed E-state index contributed by atoms with van der Waals surface area (Å²) in [6.07, 6.45) is 4.00. The van der Waals surface area contributed by atoms with Crippen molar-refractivity contribution in [3.05, 3.63) is 60.9 Å². The summed E-state index contributed by atoms with van der Waals surface area (Å²) in [4.78, 5) is 12.7. The van der Waals surface area contributed by atoms with Crippen molar-refractivity contribution < 1.29 is 9.53 Å². The molecule has 4 rings (SSSR count). The Bertz CT molecular complexity index is 1120. The first-order valence-corrected chi connectivity index (χ1v) is 9.09. The number of amides is 1. The minimum Gasteiger partial charge on any atom is -0.497 e. The predicted molar refractivity (Wildman–Crippen MR) is 109 cm³/mol. The van der Waals surface area contributed by atoms with Crippen LogP contribution in [0.1, 0.15) is 19.9 Å². The molecule has 1 amide bonds. The molecule has 0 spiro atoms. The van der Waals surface area contributed by atoms with E-state index >= 15 is 0 Å². The van der Waals surface area contributed by atoms with E-state index in [1.165, 1.54) is 0 Å². The lowest BCUT2D eigenvalue weighted by Crippen LogP contribution is -2.18. The van der Waals surface area contributed by atoms with E-state index in [4.69, 9.17) is 4.74 Å². The van der Waals surface area contributed by atoms with Gasteiger partial charge in [0.2, 0.25) is 5.91 Å². The Morgan fingerprint density at radius 3 is 2.70 bits per heavy atom. The molecule has 0 saturated heterocycles. The first-order chi connectivity index (χ1) is 13.1. The number of carbonyl (C=O) groups excluding carboxylic acids is 1. The molecule has 0 radical (unpaired) electrons. The molecule has 2 aromatic carbocycles. The van der Waals surface area contributed by atoms with Crippen LogP contribution < -0.4 is 10.1 Å².